The molecule has 5 rings (SSSR count). The highest BCUT2D eigenvalue weighted by molar-refractivity contribution is 7.92. The van der Waals surface area contributed by atoms with Crippen molar-refractivity contribution in [3.63, 3.8) is 0 Å². The van der Waals surface area contributed by atoms with Gasteiger partial charge in [0.1, 0.15) is 5.69 Å². The number of imidazole rings is 1. The van der Waals surface area contributed by atoms with Crippen molar-refractivity contribution in [1.82, 2.24) is 19.7 Å². The monoisotopic (exact) mass is 513 g/mol. The van der Waals surface area contributed by atoms with E-state index in [1.807, 2.05) is 87.0 Å². The van der Waals surface area contributed by atoms with Gasteiger partial charge in [-0.1, -0.05) is 64.8 Å². The topological polar surface area (TPSA) is 103 Å². The van der Waals surface area contributed by atoms with Gasteiger partial charge in [-0.25, -0.2) is 13.4 Å². The lowest BCUT2D eigenvalue weighted by Crippen LogP contribution is -2.16. The predicted molar refractivity (Wildman–Crippen MR) is 143 cm³/mol. The summed E-state index contributed by atoms with van der Waals surface area (Å²) in [4.78, 5) is 9.19. The van der Waals surface area contributed by atoms with Gasteiger partial charge in [0.15, 0.2) is 0 Å². The quantitative estimate of drug-likeness (QED) is 0.300. The van der Waals surface area contributed by atoms with Crippen LogP contribution in [0, 0.1) is 27.7 Å². The summed E-state index contributed by atoms with van der Waals surface area (Å²) in [7, 11) is -3.70. The first-order valence-corrected chi connectivity index (χ1v) is 13.3. The molecule has 2 heterocycles. The Morgan fingerprint density at radius 1 is 0.892 bits per heavy atom. The molecule has 0 aliphatic heterocycles. The first kappa shape index (κ1) is 24.5. The van der Waals surface area contributed by atoms with Crippen molar-refractivity contribution >= 4 is 15.7 Å². The van der Waals surface area contributed by atoms with E-state index in [0.717, 1.165) is 33.4 Å². The van der Waals surface area contributed by atoms with Gasteiger partial charge in [0, 0.05) is 24.0 Å². The molecule has 0 saturated heterocycles. The van der Waals surface area contributed by atoms with Crippen molar-refractivity contribution in [2.75, 3.05) is 4.72 Å². The fourth-order valence-electron chi connectivity index (χ4n) is 4.39. The Balaban J connectivity index is 1.27. The summed E-state index contributed by atoms with van der Waals surface area (Å²) in [6, 6.07) is 18.9. The van der Waals surface area contributed by atoms with Crippen molar-refractivity contribution in [1.29, 1.82) is 0 Å². The van der Waals surface area contributed by atoms with Crippen molar-refractivity contribution in [3.8, 4) is 23.0 Å². The molecule has 0 spiro atoms. The van der Waals surface area contributed by atoms with Crippen LogP contribution in [0.15, 0.2) is 82.6 Å². The van der Waals surface area contributed by atoms with Crippen LogP contribution >= 0.6 is 0 Å². The van der Waals surface area contributed by atoms with Crippen molar-refractivity contribution in [3.05, 3.63) is 101 Å². The number of hydrogen-bond donors (Lipinski definition) is 1. The molecule has 8 nitrogen and oxygen atoms in total. The number of hydrogen-bond acceptors (Lipinski definition) is 6. The maximum Gasteiger partial charge on any atom is 0.278 e. The number of nitrogens with one attached hydrogen (secondary N) is 1. The lowest BCUT2D eigenvalue weighted by molar-refractivity contribution is 0.431. The zero-order valence-corrected chi connectivity index (χ0v) is 21.9. The van der Waals surface area contributed by atoms with Crippen LogP contribution in [0.1, 0.15) is 27.8 Å². The summed E-state index contributed by atoms with van der Waals surface area (Å²) < 4.78 is 36.1. The summed E-state index contributed by atoms with van der Waals surface area (Å²) in [5, 5.41) is 4.07. The van der Waals surface area contributed by atoms with Crippen LogP contribution in [-0.4, -0.2) is 28.1 Å². The summed E-state index contributed by atoms with van der Waals surface area (Å²) in [5.41, 5.74) is 6.60. The molecule has 0 aliphatic carbocycles. The SMILES string of the molecule is Cc1ccc(-c2noc(-c3cn(Cc4ccc(NS(=O)(=O)c5c(C)cc(C)cc5C)cc4)cn3)n2)cc1. The van der Waals surface area contributed by atoms with Crippen molar-refractivity contribution in [2.45, 2.75) is 39.1 Å². The van der Waals surface area contributed by atoms with Gasteiger partial charge in [-0.3, -0.25) is 4.72 Å². The minimum atomic E-state index is -3.70. The van der Waals surface area contributed by atoms with Gasteiger partial charge in [0.2, 0.25) is 5.82 Å². The van der Waals surface area contributed by atoms with Crippen LogP contribution in [0.3, 0.4) is 0 Å². The van der Waals surface area contributed by atoms with Gasteiger partial charge in [-0.05, 0) is 56.5 Å². The molecule has 37 heavy (non-hydrogen) atoms. The lowest BCUT2D eigenvalue weighted by Gasteiger charge is -2.14. The van der Waals surface area contributed by atoms with Crippen molar-refractivity contribution < 1.29 is 12.9 Å². The van der Waals surface area contributed by atoms with Gasteiger partial charge in [0.05, 0.1) is 11.2 Å². The summed E-state index contributed by atoms with van der Waals surface area (Å²) in [6.45, 7) is 8.16. The van der Waals surface area contributed by atoms with Gasteiger partial charge in [-0.2, -0.15) is 4.98 Å². The van der Waals surface area contributed by atoms with E-state index in [4.69, 9.17) is 4.52 Å². The van der Waals surface area contributed by atoms with E-state index in [9.17, 15) is 8.42 Å². The number of aryl methyl sites for hydroxylation is 4. The maximum absolute atomic E-state index is 13.0. The molecule has 0 saturated carbocycles. The lowest BCUT2D eigenvalue weighted by atomic mass is 10.1. The summed E-state index contributed by atoms with van der Waals surface area (Å²) in [6.07, 6.45) is 3.54. The van der Waals surface area contributed by atoms with Gasteiger partial charge < -0.3 is 9.09 Å². The highest BCUT2D eigenvalue weighted by Crippen LogP contribution is 2.25. The molecule has 0 radical (unpaired) electrons. The maximum atomic E-state index is 13.0. The second kappa shape index (κ2) is 9.67. The van der Waals surface area contributed by atoms with Crippen LogP contribution in [0.2, 0.25) is 0 Å². The number of rotatable bonds is 7. The van der Waals surface area contributed by atoms with Gasteiger partial charge in [-0.15, -0.1) is 0 Å². The molecule has 9 heteroatoms. The van der Waals surface area contributed by atoms with E-state index < -0.39 is 10.0 Å². The molecule has 188 valence electrons. The van der Waals surface area contributed by atoms with Crippen LogP contribution in [0.5, 0.6) is 0 Å². The number of sulfonamides is 1. The minimum absolute atomic E-state index is 0.319. The molecule has 0 bridgehead atoms. The molecular formula is C28H27N5O3S. The predicted octanol–water partition coefficient (Wildman–Crippen LogP) is 5.68. The Morgan fingerprint density at radius 2 is 1.57 bits per heavy atom. The van der Waals surface area contributed by atoms with Crippen LogP contribution in [-0.2, 0) is 16.6 Å². The minimum Gasteiger partial charge on any atom is -0.332 e. The smallest absolute Gasteiger partial charge is 0.278 e. The van der Waals surface area contributed by atoms with E-state index in [1.54, 1.807) is 18.5 Å². The third kappa shape index (κ3) is 5.31. The van der Waals surface area contributed by atoms with E-state index in [2.05, 4.69) is 19.8 Å². The van der Waals surface area contributed by atoms with Crippen molar-refractivity contribution in [2.24, 2.45) is 0 Å². The van der Waals surface area contributed by atoms with Crippen LogP contribution in [0.25, 0.3) is 23.0 Å². The molecule has 0 aliphatic rings. The van der Waals surface area contributed by atoms with Gasteiger partial charge in [0.25, 0.3) is 15.9 Å². The molecule has 0 atom stereocenters. The standard InChI is InChI=1S/C28H27N5O3S/c1-18-5-9-23(10-6-18)27-30-28(36-31-27)25-16-33(17-29-25)15-22-7-11-24(12-8-22)32-37(34,35)26-20(3)13-19(2)14-21(26)4/h5-14,16-17,32H,15H2,1-4H3. The Bertz CT molecular complexity index is 1640. The fourth-order valence-corrected chi connectivity index (χ4v) is 5.90. The first-order chi connectivity index (χ1) is 17.7. The molecule has 0 unspecified atom stereocenters. The Labute approximate surface area is 216 Å². The number of nitrogens with zero attached hydrogens (tertiary/aromatic N) is 4. The summed E-state index contributed by atoms with van der Waals surface area (Å²) >= 11 is 0. The molecule has 1 N–H and O–H groups in total. The zero-order valence-electron chi connectivity index (χ0n) is 21.1. The molecule has 0 fully saturated rings. The second-order valence-corrected chi connectivity index (χ2v) is 10.9. The number of anilines is 1. The Hall–Kier alpha value is -4.24. The Morgan fingerprint density at radius 3 is 2.24 bits per heavy atom. The third-order valence-electron chi connectivity index (χ3n) is 6.03. The van der Waals surface area contributed by atoms with E-state index >= 15 is 0 Å². The molecule has 2 aromatic heterocycles. The van der Waals surface area contributed by atoms with Crippen LogP contribution in [0.4, 0.5) is 5.69 Å². The normalized spacial score (nSPS) is 11.6. The number of aromatic nitrogens is 4. The molecule has 3 aromatic carbocycles. The van der Waals surface area contributed by atoms with E-state index in [0.29, 0.717) is 34.5 Å². The fraction of sp³-hybridized carbons (Fsp3) is 0.179. The largest absolute Gasteiger partial charge is 0.332 e. The number of benzene rings is 3. The third-order valence-corrected chi connectivity index (χ3v) is 7.72. The molecule has 0 amide bonds. The molecular weight excluding hydrogens is 486 g/mol. The van der Waals surface area contributed by atoms with E-state index in [-0.39, 0.29) is 0 Å². The van der Waals surface area contributed by atoms with Gasteiger partial charge >= 0.3 is 0 Å². The highest BCUT2D eigenvalue weighted by Gasteiger charge is 2.20. The van der Waals surface area contributed by atoms with E-state index in [1.165, 1.54) is 0 Å². The second-order valence-electron chi connectivity index (χ2n) is 9.25. The zero-order chi connectivity index (χ0) is 26.2. The van der Waals surface area contributed by atoms with Crippen LogP contribution < -0.4 is 4.72 Å². The average molecular weight is 514 g/mol. The highest BCUT2D eigenvalue weighted by atomic mass is 32.2. The average Bonchev–Trinajstić information content (AvgIpc) is 3.50. The first-order valence-electron chi connectivity index (χ1n) is 11.8. The molecule has 5 aromatic rings. The Kier molecular flexibility index (Phi) is 6.39. The summed E-state index contributed by atoms with van der Waals surface area (Å²) in [5.74, 6) is 0.861.